The topological polar surface area (TPSA) is 82.1 Å². The molecule has 0 saturated carbocycles. The van der Waals surface area contributed by atoms with Crippen LogP contribution in [0.2, 0.25) is 0 Å². The zero-order chi connectivity index (χ0) is 15.6. The van der Waals surface area contributed by atoms with Gasteiger partial charge in [0.25, 0.3) is 0 Å². The van der Waals surface area contributed by atoms with Gasteiger partial charge in [0.15, 0.2) is 0 Å². The molecule has 0 aromatic heterocycles. The Morgan fingerprint density at radius 3 is 2.48 bits per heavy atom. The van der Waals surface area contributed by atoms with Crippen molar-refractivity contribution in [2.45, 2.75) is 25.4 Å². The van der Waals surface area contributed by atoms with Crippen LogP contribution in [0, 0.1) is 11.8 Å². The molecular formula is C14H19NO6. The van der Waals surface area contributed by atoms with Crippen LogP contribution in [-0.2, 0) is 23.8 Å². The number of amides is 1. The van der Waals surface area contributed by atoms with Crippen molar-refractivity contribution in [3.05, 3.63) is 12.2 Å². The fraction of sp³-hybridized carbons (Fsp3) is 0.643. The van der Waals surface area contributed by atoms with Crippen LogP contribution in [0.3, 0.4) is 0 Å². The van der Waals surface area contributed by atoms with Crippen molar-refractivity contribution in [2.75, 3.05) is 20.8 Å². The standard InChI is InChI=1S/C14H19NO6/c1-8(16)21-7-12-9-4-5-11(15(12)14(18)20-3)10(6-9)13(17)19-2/h4-5,9-12H,6-7H2,1-3H3/t9-,10+,11+,12+/m1/s1. The van der Waals surface area contributed by atoms with Crippen molar-refractivity contribution in [1.82, 2.24) is 4.90 Å². The minimum Gasteiger partial charge on any atom is -0.469 e. The lowest BCUT2D eigenvalue weighted by Gasteiger charge is -2.49. The number of hydrogen-bond donors (Lipinski definition) is 0. The molecule has 2 bridgehead atoms. The van der Waals surface area contributed by atoms with E-state index >= 15 is 0 Å². The summed E-state index contributed by atoms with van der Waals surface area (Å²) >= 11 is 0. The summed E-state index contributed by atoms with van der Waals surface area (Å²) in [6.45, 7) is 1.40. The summed E-state index contributed by atoms with van der Waals surface area (Å²) < 4.78 is 14.6. The summed E-state index contributed by atoms with van der Waals surface area (Å²) in [5.41, 5.74) is 0. The summed E-state index contributed by atoms with van der Waals surface area (Å²) in [7, 11) is 2.61. The van der Waals surface area contributed by atoms with Gasteiger partial charge in [-0.05, 0) is 6.42 Å². The highest BCUT2D eigenvalue weighted by Crippen LogP contribution is 2.39. The molecule has 3 aliphatic rings. The van der Waals surface area contributed by atoms with Crippen LogP contribution < -0.4 is 0 Å². The fourth-order valence-corrected chi connectivity index (χ4v) is 3.06. The first-order chi connectivity index (χ1) is 9.99. The molecule has 2 heterocycles. The first kappa shape index (κ1) is 15.3. The highest BCUT2D eigenvalue weighted by molar-refractivity contribution is 5.77. The average Bonchev–Trinajstić information content (AvgIpc) is 2.51. The summed E-state index contributed by atoms with van der Waals surface area (Å²) in [5.74, 6) is -1.25. The molecular weight excluding hydrogens is 278 g/mol. The Morgan fingerprint density at radius 2 is 1.90 bits per heavy atom. The van der Waals surface area contributed by atoms with Crippen molar-refractivity contribution in [2.24, 2.45) is 11.8 Å². The Kier molecular flexibility index (Phi) is 4.50. The molecule has 1 aliphatic carbocycles. The molecule has 7 nitrogen and oxygen atoms in total. The van der Waals surface area contributed by atoms with Crippen LogP contribution >= 0.6 is 0 Å². The number of hydrogen-bond acceptors (Lipinski definition) is 6. The molecule has 0 spiro atoms. The van der Waals surface area contributed by atoms with E-state index in [0.29, 0.717) is 6.42 Å². The van der Waals surface area contributed by atoms with Gasteiger partial charge in [-0.1, -0.05) is 12.2 Å². The van der Waals surface area contributed by atoms with Gasteiger partial charge in [0.1, 0.15) is 6.61 Å². The molecule has 0 radical (unpaired) electrons. The number of esters is 2. The second-order valence-corrected chi connectivity index (χ2v) is 5.15. The molecule has 3 rings (SSSR count). The lowest BCUT2D eigenvalue weighted by molar-refractivity contribution is -0.154. The van der Waals surface area contributed by atoms with E-state index in [1.165, 1.54) is 26.0 Å². The molecule has 1 amide bonds. The number of methoxy groups -OCH3 is 2. The minimum absolute atomic E-state index is 0.0717. The maximum Gasteiger partial charge on any atom is 0.410 e. The summed E-state index contributed by atoms with van der Waals surface area (Å²) in [6, 6.07) is -0.757. The second-order valence-electron chi connectivity index (χ2n) is 5.15. The molecule has 2 aliphatic heterocycles. The number of carbonyl (C=O) groups excluding carboxylic acids is 3. The average molecular weight is 297 g/mol. The number of piperidine rings is 1. The van der Waals surface area contributed by atoms with Gasteiger partial charge in [-0.3, -0.25) is 14.5 Å². The molecule has 0 unspecified atom stereocenters. The predicted octanol–water partition coefficient (Wildman–Crippen LogP) is 0.734. The first-order valence-corrected chi connectivity index (χ1v) is 6.75. The van der Waals surface area contributed by atoms with Gasteiger partial charge < -0.3 is 14.2 Å². The Morgan fingerprint density at radius 1 is 1.19 bits per heavy atom. The normalized spacial score (nSPS) is 30.0. The molecule has 4 atom stereocenters. The Balaban J connectivity index is 2.24. The van der Waals surface area contributed by atoms with E-state index in [2.05, 4.69) is 0 Å². The molecule has 0 aromatic rings. The highest BCUT2D eigenvalue weighted by Gasteiger charge is 2.50. The van der Waals surface area contributed by atoms with Gasteiger partial charge in [-0.15, -0.1) is 0 Å². The largest absolute Gasteiger partial charge is 0.469 e. The Hall–Kier alpha value is -2.05. The van der Waals surface area contributed by atoms with Crippen LogP contribution in [0.5, 0.6) is 0 Å². The summed E-state index contributed by atoms with van der Waals surface area (Å²) in [4.78, 5) is 36.4. The van der Waals surface area contributed by atoms with Crippen LogP contribution in [0.15, 0.2) is 12.2 Å². The number of ether oxygens (including phenoxy) is 3. The van der Waals surface area contributed by atoms with E-state index < -0.39 is 24.0 Å². The molecule has 116 valence electrons. The quantitative estimate of drug-likeness (QED) is 0.434. The lowest BCUT2D eigenvalue weighted by Crippen LogP contribution is -2.61. The zero-order valence-electron chi connectivity index (χ0n) is 12.3. The number of carbonyl (C=O) groups is 3. The lowest BCUT2D eigenvalue weighted by atomic mass is 9.73. The van der Waals surface area contributed by atoms with E-state index in [4.69, 9.17) is 14.2 Å². The van der Waals surface area contributed by atoms with Crippen LogP contribution in [-0.4, -0.2) is 55.8 Å². The maximum atomic E-state index is 12.0. The van der Waals surface area contributed by atoms with Crippen molar-refractivity contribution in [3.63, 3.8) is 0 Å². The van der Waals surface area contributed by atoms with E-state index in [-0.39, 0.29) is 24.5 Å². The summed E-state index contributed by atoms with van der Waals surface area (Å²) in [5, 5.41) is 0. The zero-order valence-corrected chi connectivity index (χ0v) is 12.3. The van der Waals surface area contributed by atoms with Crippen molar-refractivity contribution >= 4 is 18.0 Å². The third kappa shape index (κ3) is 2.86. The van der Waals surface area contributed by atoms with E-state index in [9.17, 15) is 14.4 Å². The van der Waals surface area contributed by atoms with Gasteiger partial charge in [0.05, 0.1) is 32.2 Å². The monoisotopic (exact) mass is 297 g/mol. The van der Waals surface area contributed by atoms with Gasteiger partial charge in [-0.2, -0.15) is 0 Å². The third-order valence-corrected chi connectivity index (χ3v) is 4.01. The van der Waals surface area contributed by atoms with Crippen LogP contribution in [0.4, 0.5) is 4.79 Å². The van der Waals surface area contributed by atoms with Gasteiger partial charge >= 0.3 is 18.0 Å². The predicted molar refractivity (Wildman–Crippen MR) is 71.2 cm³/mol. The molecule has 7 heteroatoms. The first-order valence-electron chi connectivity index (χ1n) is 6.75. The number of fused-ring (bicyclic) bond motifs is 2. The fourth-order valence-electron chi connectivity index (χ4n) is 3.06. The van der Waals surface area contributed by atoms with Gasteiger partial charge in [0, 0.05) is 12.8 Å². The number of nitrogens with zero attached hydrogens (tertiary/aromatic N) is 1. The molecule has 0 aromatic carbocycles. The Labute approximate surface area is 122 Å². The number of rotatable bonds is 3. The molecule has 1 saturated heterocycles. The smallest absolute Gasteiger partial charge is 0.410 e. The maximum absolute atomic E-state index is 12.0. The molecule has 0 N–H and O–H groups in total. The van der Waals surface area contributed by atoms with Gasteiger partial charge in [0.2, 0.25) is 0 Å². The Bertz CT molecular complexity index is 474. The van der Waals surface area contributed by atoms with Crippen LogP contribution in [0.25, 0.3) is 0 Å². The molecule has 1 fully saturated rings. The second kappa shape index (κ2) is 6.15. The van der Waals surface area contributed by atoms with Crippen molar-refractivity contribution in [3.8, 4) is 0 Å². The SMILES string of the molecule is COC(=O)[C@H]1C[C@H]2C=C[C@@H]1N(C(=O)OC)[C@H]2COC(C)=O. The third-order valence-electron chi connectivity index (χ3n) is 4.01. The van der Waals surface area contributed by atoms with E-state index in [1.807, 2.05) is 12.2 Å². The molecule has 21 heavy (non-hydrogen) atoms. The highest BCUT2D eigenvalue weighted by atomic mass is 16.6. The summed E-state index contributed by atoms with van der Waals surface area (Å²) in [6.07, 6.45) is 3.79. The van der Waals surface area contributed by atoms with Gasteiger partial charge in [-0.25, -0.2) is 4.79 Å². The van der Waals surface area contributed by atoms with Crippen molar-refractivity contribution < 1.29 is 28.6 Å². The van der Waals surface area contributed by atoms with E-state index in [0.717, 1.165) is 0 Å². The van der Waals surface area contributed by atoms with E-state index in [1.54, 1.807) is 0 Å². The van der Waals surface area contributed by atoms with Crippen LogP contribution in [0.1, 0.15) is 13.3 Å². The van der Waals surface area contributed by atoms with Crippen molar-refractivity contribution in [1.29, 1.82) is 0 Å². The minimum atomic E-state index is -0.542.